The molecule has 31 heavy (non-hydrogen) atoms. The molecule has 2 aromatic carbocycles. The number of hydrogen-bond acceptors (Lipinski definition) is 4. The Kier molecular flexibility index (Phi) is 4.85. The number of piperidine rings is 1. The van der Waals surface area contributed by atoms with Crippen molar-refractivity contribution in [2.75, 3.05) is 32.6 Å². The first kappa shape index (κ1) is 19.5. The van der Waals surface area contributed by atoms with Crippen molar-refractivity contribution in [3.8, 4) is 17.2 Å². The molecule has 1 amide bonds. The van der Waals surface area contributed by atoms with Gasteiger partial charge in [-0.25, -0.2) is 0 Å². The van der Waals surface area contributed by atoms with E-state index in [0.717, 1.165) is 29.8 Å². The second-order valence-corrected chi connectivity index (χ2v) is 8.22. The number of methoxy groups -OCH3 is 2. The van der Waals surface area contributed by atoms with Crippen LogP contribution in [0.5, 0.6) is 11.5 Å². The van der Waals surface area contributed by atoms with E-state index in [9.17, 15) is 4.79 Å². The second-order valence-electron chi connectivity index (χ2n) is 8.22. The fourth-order valence-electron chi connectivity index (χ4n) is 4.91. The van der Waals surface area contributed by atoms with E-state index in [1.807, 2.05) is 23.1 Å². The van der Waals surface area contributed by atoms with Gasteiger partial charge < -0.3 is 24.3 Å². The number of nitrogens with one attached hydrogen (secondary N) is 1. The normalized spacial score (nSPS) is 16.3. The first-order valence-electron chi connectivity index (χ1n) is 10.7. The van der Waals surface area contributed by atoms with E-state index in [2.05, 4.69) is 52.5 Å². The summed E-state index contributed by atoms with van der Waals surface area (Å²) < 4.78 is 13.0. The lowest BCUT2D eigenvalue weighted by atomic mass is 9.82. The number of ether oxygens (including phenoxy) is 2. The molecule has 0 bridgehead atoms. The molecular formula is C25H27N3O3. The highest BCUT2D eigenvalue weighted by molar-refractivity contribution is 5.80. The van der Waals surface area contributed by atoms with Crippen LogP contribution < -0.4 is 14.8 Å². The number of rotatable bonds is 4. The zero-order chi connectivity index (χ0) is 21.4. The van der Waals surface area contributed by atoms with Crippen molar-refractivity contribution in [1.29, 1.82) is 0 Å². The number of carbonyl (C=O) groups is 1. The molecule has 0 atom stereocenters. The average molecular weight is 418 g/mol. The monoisotopic (exact) mass is 417 g/mol. The molecule has 5 rings (SSSR count). The molecule has 0 unspecified atom stereocenters. The van der Waals surface area contributed by atoms with Gasteiger partial charge in [0.25, 0.3) is 0 Å². The van der Waals surface area contributed by atoms with Crippen LogP contribution in [0.4, 0.5) is 5.69 Å². The fourth-order valence-corrected chi connectivity index (χ4v) is 4.91. The van der Waals surface area contributed by atoms with Gasteiger partial charge in [-0.3, -0.25) is 4.79 Å². The van der Waals surface area contributed by atoms with E-state index in [1.165, 1.54) is 11.4 Å². The summed E-state index contributed by atoms with van der Waals surface area (Å²) in [7, 11) is 3.25. The summed E-state index contributed by atoms with van der Waals surface area (Å²) >= 11 is 0. The summed E-state index contributed by atoms with van der Waals surface area (Å²) in [6.45, 7) is 1.43. The summed E-state index contributed by atoms with van der Waals surface area (Å²) in [6, 6.07) is 18.3. The maximum absolute atomic E-state index is 13.1. The largest absolute Gasteiger partial charge is 0.497 e. The lowest BCUT2D eigenvalue weighted by Crippen LogP contribution is -2.51. The number of anilines is 1. The number of nitrogens with zero attached hydrogens (tertiary/aromatic N) is 2. The van der Waals surface area contributed by atoms with Crippen molar-refractivity contribution in [2.45, 2.75) is 24.8 Å². The Balaban J connectivity index is 1.33. The van der Waals surface area contributed by atoms with E-state index in [-0.39, 0.29) is 11.4 Å². The van der Waals surface area contributed by atoms with E-state index < -0.39 is 0 Å². The minimum absolute atomic E-state index is 0.119. The van der Waals surface area contributed by atoms with Crippen molar-refractivity contribution < 1.29 is 14.3 Å². The number of benzene rings is 2. The highest BCUT2D eigenvalue weighted by Crippen LogP contribution is 2.43. The van der Waals surface area contributed by atoms with Crippen molar-refractivity contribution in [2.24, 2.45) is 0 Å². The number of likely N-dealkylation sites (tertiary alicyclic amines) is 1. The van der Waals surface area contributed by atoms with E-state index in [4.69, 9.17) is 9.47 Å². The predicted octanol–water partition coefficient (Wildman–Crippen LogP) is 3.98. The van der Waals surface area contributed by atoms with Crippen molar-refractivity contribution in [3.63, 3.8) is 0 Å². The highest BCUT2D eigenvalue weighted by Gasteiger charge is 2.42. The van der Waals surface area contributed by atoms with Gasteiger partial charge in [-0.05, 0) is 55.3 Å². The molecule has 160 valence electrons. The summed E-state index contributed by atoms with van der Waals surface area (Å²) in [5.74, 6) is 1.56. The van der Waals surface area contributed by atoms with Crippen LogP contribution in [0.15, 0.2) is 60.8 Å². The number of amides is 1. The van der Waals surface area contributed by atoms with Crippen LogP contribution >= 0.6 is 0 Å². The molecule has 0 saturated carbocycles. The maximum Gasteiger partial charge on any atom is 0.227 e. The Morgan fingerprint density at radius 2 is 1.84 bits per heavy atom. The number of carbonyl (C=O) groups excluding carboxylic acids is 1. The number of aromatic nitrogens is 1. The molecule has 1 saturated heterocycles. The standard InChI is InChI=1S/C25H27N3O3/c1-30-19-9-10-22(31-2)18(16-19)17-24(29)27-14-11-25(12-15-27)23-8-5-13-28(23)21-7-4-3-6-20(21)26-25/h3-10,13,16,26H,11-12,14-15,17H2,1-2H3. The van der Waals surface area contributed by atoms with Crippen LogP contribution in [0, 0.1) is 0 Å². The predicted molar refractivity (Wildman–Crippen MR) is 120 cm³/mol. The van der Waals surface area contributed by atoms with Gasteiger partial charge in [0.15, 0.2) is 0 Å². The molecule has 1 spiro atoms. The van der Waals surface area contributed by atoms with Crippen molar-refractivity contribution >= 4 is 11.6 Å². The van der Waals surface area contributed by atoms with Gasteiger partial charge in [-0.2, -0.15) is 0 Å². The minimum atomic E-state index is -0.151. The van der Waals surface area contributed by atoms with E-state index >= 15 is 0 Å². The quantitative estimate of drug-likeness (QED) is 0.698. The Bertz CT molecular complexity index is 1110. The third kappa shape index (κ3) is 3.32. The van der Waals surface area contributed by atoms with Gasteiger partial charge >= 0.3 is 0 Å². The van der Waals surface area contributed by atoms with Gasteiger partial charge in [-0.15, -0.1) is 0 Å². The Morgan fingerprint density at radius 1 is 1.03 bits per heavy atom. The highest BCUT2D eigenvalue weighted by atomic mass is 16.5. The van der Waals surface area contributed by atoms with Crippen LogP contribution in [-0.4, -0.2) is 42.7 Å². The smallest absolute Gasteiger partial charge is 0.227 e. The summed E-state index contributed by atoms with van der Waals surface area (Å²) in [6.07, 6.45) is 4.17. The van der Waals surface area contributed by atoms with Gasteiger partial charge in [0.2, 0.25) is 5.91 Å². The zero-order valence-corrected chi connectivity index (χ0v) is 17.9. The molecule has 2 aliphatic heterocycles. The molecule has 6 heteroatoms. The molecular weight excluding hydrogens is 390 g/mol. The summed E-state index contributed by atoms with van der Waals surface area (Å²) in [5.41, 5.74) is 4.30. The molecule has 2 aliphatic rings. The van der Waals surface area contributed by atoms with Gasteiger partial charge in [0.1, 0.15) is 11.5 Å². The van der Waals surface area contributed by atoms with Gasteiger partial charge in [-0.1, -0.05) is 12.1 Å². The number of fused-ring (bicyclic) bond motifs is 4. The minimum Gasteiger partial charge on any atom is -0.497 e. The lowest BCUT2D eigenvalue weighted by Gasteiger charge is -2.46. The third-order valence-electron chi connectivity index (χ3n) is 6.58. The molecule has 3 aromatic rings. The topological polar surface area (TPSA) is 55.7 Å². The number of hydrogen-bond donors (Lipinski definition) is 1. The first-order chi connectivity index (χ1) is 15.1. The van der Waals surface area contributed by atoms with E-state index in [0.29, 0.717) is 25.3 Å². The van der Waals surface area contributed by atoms with Crippen LogP contribution in [0.1, 0.15) is 24.1 Å². The molecule has 6 nitrogen and oxygen atoms in total. The van der Waals surface area contributed by atoms with Crippen LogP contribution in [-0.2, 0) is 16.8 Å². The van der Waals surface area contributed by atoms with Gasteiger partial charge in [0, 0.05) is 30.5 Å². The van der Waals surface area contributed by atoms with Crippen molar-refractivity contribution in [3.05, 3.63) is 72.1 Å². The number of para-hydroxylation sites is 2. The SMILES string of the molecule is COc1ccc(OC)c(CC(=O)N2CCC3(CC2)Nc2ccccc2-n2cccc23)c1. The van der Waals surface area contributed by atoms with Crippen LogP contribution in [0.3, 0.4) is 0 Å². The third-order valence-corrected chi connectivity index (χ3v) is 6.58. The van der Waals surface area contributed by atoms with E-state index in [1.54, 1.807) is 14.2 Å². The van der Waals surface area contributed by atoms with Crippen LogP contribution in [0.25, 0.3) is 5.69 Å². The van der Waals surface area contributed by atoms with Crippen molar-refractivity contribution in [1.82, 2.24) is 9.47 Å². The second kappa shape index (κ2) is 7.69. The Labute approximate surface area is 182 Å². The molecule has 1 N–H and O–H groups in total. The molecule has 1 aromatic heterocycles. The fraction of sp³-hybridized carbons (Fsp3) is 0.320. The molecule has 1 fully saturated rings. The first-order valence-corrected chi connectivity index (χ1v) is 10.7. The average Bonchev–Trinajstić information content (AvgIpc) is 3.31. The molecule has 3 heterocycles. The summed E-state index contributed by atoms with van der Waals surface area (Å²) in [4.78, 5) is 15.1. The zero-order valence-electron chi connectivity index (χ0n) is 17.9. The Morgan fingerprint density at radius 3 is 2.61 bits per heavy atom. The maximum atomic E-state index is 13.1. The molecule has 0 radical (unpaired) electrons. The summed E-state index contributed by atoms with van der Waals surface area (Å²) in [5, 5.41) is 3.80. The molecule has 0 aliphatic carbocycles. The van der Waals surface area contributed by atoms with Crippen LogP contribution in [0.2, 0.25) is 0 Å². The Hall–Kier alpha value is -3.41. The van der Waals surface area contributed by atoms with Gasteiger partial charge in [0.05, 0.1) is 37.6 Å². The lowest BCUT2D eigenvalue weighted by molar-refractivity contribution is -0.132.